The molecule has 0 radical (unpaired) electrons. The van der Waals surface area contributed by atoms with E-state index < -0.39 is 0 Å². The molecule has 4 aromatic rings. The minimum Gasteiger partial charge on any atom is -0.456 e. The van der Waals surface area contributed by atoms with Crippen molar-refractivity contribution in [1.82, 2.24) is 0 Å². The highest BCUT2D eigenvalue weighted by molar-refractivity contribution is 5.89. The second-order valence-corrected chi connectivity index (χ2v) is 6.74. The summed E-state index contributed by atoms with van der Waals surface area (Å²) in [6.07, 6.45) is 0. The van der Waals surface area contributed by atoms with Crippen molar-refractivity contribution in [3.05, 3.63) is 94.6 Å². The highest BCUT2D eigenvalue weighted by Crippen LogP contribution is 2.25. The highest BCUT2D eigenvalue weighted by Gasteiger charge is 2.09. The Morgan fingerprint density at radius 1 is 0.931 bits per heavy atom. The van der Waals surface area contributed by atoms with Crippen molar-refractivity contribution in [2.45, 2.75) is 6.61 Å². The summed E-state index contributed by atoms with van der Waals surface area (Å²) < 4.78 is 11.6. The van der Waals surface area contributed by atoms with Crippen LogP contribution in [0.25, 0.3) is 22.3 Å². The number of nitrogen functional groups attached to an aromatic ring is 1. The minimum atomic E-state index is -0.142. The molecular weight excluding hydrogens is 364 g/mol. The number of hydrogen-bond acceptors (Lipinski definition) is 5. The summed E-state index contributed by atoms with van der Waals surface area (Å²) in [7, 11) is 0. The Kier molecular flexibility index (Phi) is 5.59. The van der Waals surface area contributed by atoms with E-state index in [0.29, 0.717) is 42.2 Å². The molecule has 0 bridgehead atoms. The summed E-state index contributed by atoms with van der Waals surface area (Å²) >= 11 is 0. The predicted molar refractivity (Wildman–Crippen MR) is 117 cm³/mol. The number of nitrogens with two attached hydrogens (primary N) is 1. The van der Waals surface area contributed by atoms with E-state index in [1.807, 2.05) is 54.6 Å². The van der Waals surface area contributed by atoms with Gasteiger partial charge in [0, 0.05) is 29.5 Å². The number of fused-ring (bicyclic) bond motifs is 1. The molecule has 5 heteroatoms. The number of anilines is 2. The number of rotatable bonds is 7. The van der Waals surface area contributed by atoms with Crippen molar-refractivity contribution in [2.75, 3.05) is 24.2 Å². The van der Waals surface area contributed by atoms with Crippen molar-refractivity contribution in [3.63, 3.8) is 0 Å². The Balaban J connectivity index is 1.37. The van der Waals surface area contributed by atoms with Gasteiger partial charge in [-0.1, -0.05) is 36.4 Å². The molecule has 1 aromatic heterocycles. The maximum absolute atomic E-state index is 12.4. The van der Waals surface area contributed by atoms with Gasteiger partial charge in [0.2, 0.25) is 0 Å². The number of nitrogens with one attached hydrogen (secondary N) is 1. The summed E-state index contributed by atoms with van der Waals surface area (Å²) in [5.41, 5.74) is 9.63. The smallest absolute Gasteiger partial charge is 0.195 e. The van der Waals surface area contributed by atoms with Crippen LogP contribution in [-0.2, 0) is 11.3 Å². The van der Waals surface area contributed by atoms with Crippen LogP contribution >= 0.6 is 0 Å². The predicted octanol–water partition coefficient (Wildman–Crippen LogP) is 4.67. The van der Waals surface area contributed by atoms with Gasteiger partial charge in [-0.25, -0.2) is 0 Å². The molecule has 3 aromatic carbocycles. The third-order valence-corrected chi connectivity index (χ3v) is 4.64. The fourth-order valence-corrected chi connectivity index (χ4v) is 3.16. The first kappa shape index (κ1) is 18.8. The monoisotopic (exact) mass is 386 g/mol. The van der Waals surface area contributed by atoms with Crippen LogP contribution in [0.4, 0.5) is 11.4 Å². The lowest BCUT2D eigenvalue weighted by Gasteiger charge is -2.09. The highest BCUT2D eigenvalue weighted by atomic mass is 16.5. The molecule has 0 atom stereocenters. The van der Waals surface area contributed by atoms with Gasteiger partial charge in [0.05, 0.1) is 18.6 Å². The van der Waals surface area contributed by atoms with Crippen LogP contribution in [0, 0.1) is 0 Å². The van der Waals surface area contributed by atoms with Crippen LogP contribution in [0.3, 0.4) is 0 Å². The zero-order valence-corrected chi connectivity index (χ0v) is 15.9. The van der Waals surface area contributed by atoms with E-state index >= 15 is 0 Å². The Morgan fingerprint density at radius 3 is 2.52 bits per heavy atom. The fourth-order valence-electron chi connectivity index (χ4n) is 3.16. The average molecular weight is 386 g/mol. The molecule has 0 aliphatic heterocycles. The van der Waals surface area contributed by atoms with E-state index in [-0.39, 0.29) is 5.43 Å². The summed E-state index contributed by atoms with van der Waals surface area (Å²) in [6.45, 7) is 1.92. The zero-order chi connectivity index (χ0) is 20.1. The van der Waals surface area contributed by atoms with Crippen molar-refractivity contribution in [2.24, 2.45) is 0 Å². The van der Waals surface area contributed by atoms with E-state index in [1.165, 1.54) is 6.07 Å². The molecule has 0 saturated heterocycles. The largest absolute Gasteiger partial charge is 0.456 e. The second-order valence-electron chi connectivity index (χ2n) is 6.74. The molecule has 0 fully saturated rings. The molecule has 146 valence electrons. The molecule has 0 saturated carbocycles. The minimum absolute atomic E-state index is 0.142. The molecule has 4 rings (SSSR count). The van der Waals surface area contributed by atoms with Crippen LogP contribution in [0.2, 0.25) is 0 Å². The first-order valence-corrected chi connectivity index (χ1v) is 9.49. The van der Waals surface area contributed by atoms with Crippen molar-refractivity contribution >= 4 is 22.3 Å². The fraction of sp³-hybridized carbons (Fsp3) is 0.125. The van der Waals surface area contributed by atoms with E-state index in [0.717, 1.165) is 16.8 Å². The van der Waals surface area contributed by atoms with Gasteiger partial charge in [-0.2, -0.15) is 0 Å². The molecule has 3 N–H and O–H groups in total. The van der Waals surface area contributed by atoms with Gasteiger partial charge in [0.25, 0.3) is 0 Å². The molecule has 0 unspecified atom stereocenters. The Morgan fingerprint density at radius 2 is 1.72 bits per heavy atom. The molecule has 0 amide bonds. The summed E-state index contributed by atoms with van der Waals surface area (Å²) in [4.78, 5) is 12.4. The molecular formula is C24H22N2O3. The Hall–Kier alpha value is -3.57. The van der Waals surface area contributed by atoms with Crippen LogP contribution in [0.15, 0.2) is 88.1 Å². The Bertz CT molecular complexity index is 1150. The SMILES string of the molecule is Nc1cccc2oc(-c3ccc(NCCOCc4ccccc4)cc3)cc(=O)c12. The lowest BCUT2D eigenvalue weighted by molar-refractivity contribution is 0.130. The van der Waals surface area contributed by atoms with Gasteiger partial charge in [-0.05, 0) is 42.0 Å². The molecule has 5 nitrogen and oxygen atoms in total. The summed E-state index contributed by atoms with van der Waals surface area (Å²) in [6, 6.07) is 24.6. The van der Waals surface area contributed by atoms with Crippen LogP contribution in [-0.4, -0.2) is 13.2 Å². The summed E-state index contributed by atoms with van der Waals surface area (Å²) in [5.74, 6) is 0.519. The lowest BCUT2D eigenvalue weighted by atomic mass is 10.1. The van der Waals surface area contributed by atoms with Crippen molar-refractivity contribution < 1.29 is 9.15 Å². The van der Waals surface area contributed by atoms with E-state index in [1.54, 1.807) is 18.2 Å². The maximum atomic E-state index is 12.4. The summed E-state index contributed by atoms with van der Waals surface area (Å²) in [5, 5.41) is 3.75. The van der Waals surface area contributed by atoms with Gasteiger partial charge in [-0.3, -0.25) is 4.79 Å². The molecule has 0 aliphatic rings. The van der Waals surface area contributed by atoms with Gasteiger partial charge < -0.3 is 20.2 Å². The van der Waals surface area contributed by atoms with Gasteiger partial charge >= 0.3 is 0 Å². The standard InChI is InChI=1S/C24H22N2O3/c25-20-7-4-8-22-24(20)21(27)15-23(29-22)18-9-11-19(12-10-18)26-13-14-28-16-17-5-2-1-3-6-17/h1-12,15,26H,13-14,16,25H2. The van der Waals surface area contributed by atoms with E-state index in [9.17, 15) is 4.79 Å². The number of benzene rings is 3. The zero-order valence-electron chi connectivity index (χ0n) is 15.9. The first-order chi connectivity index (χ1) is 14.2. The van der Waals surface area contributed by atoms with Crippen LogP contribution in [0.5, 0.6) is 0 Å². The lowest BCUT2D eigenvalue weighted by Crippen LogP contribution is -2.09. The normalized spacial score (nSPS) is 10.9. The third kappa shape index (κ3) is 4.47. The quantitative estimate of drug-likeness (QED) is 0.356. The second kappa shape index (κ2) is 8.63. The molecule has 1 heterocycles. The number of hydrogen-bond donors (Lipinski definition) is 2. The third-order valence-electron chi connectivity index (χ3n) is 4.64. The average Bonchev–Trinajstić information content (AvgIpc) is 2.74. The first-order valence-electron chi connectivity index (χ1n) is 9.49. The van der Waals surface area contributed by atoms with Crippen LogP contribution < -0.4 is 16.5 Å². The molecule has 29 heavy (non-hydrogen) atoms. The van der Waals surface area contributed by atoms with Crippen molar-refractivity contribution in [3.8, 4) is 11.3 Å². The molecule has 0 aliphatic carbocycles. The van der Waals surface area contributed by atoms with Crippen molar-refractivity contribution in [1.29, 1.82) is 0 Å². The molecule has 0 spiro atoms. The van der Waals surface area contributed by atoms with Gasteiger partial charge in [-0.15, -0.1) is 0 Å². The van der Waals surface area contributed by atoms with Gasteiger partial charge in [0.1, 0.15) is 11.3 Å². The van der Waals surface area contributed by atoms with E-state index in [2.05, 4.69) is 5.32 Å². The van der Waals surface area contributed by atoms with Crippen LogP contribution in [0.1, 0.15) is 5.56 Å². The van der Waals surface area contributed by atoms with Gasteiger partial charge in [0.15, 0.2) is 5.43 Å². The topological polar surface area (TPSA) is 77.5 Å². The Labute approximate surface area is 168 Å². The number of ether oxygens (including phenoxy) is 1. The van der Waals surface area contributed by atoms with E-state index in [4.69, 9.17) is 14.9 Å². The maximum Gasteiger partial charge on any atom is 0.195 e.